The van der Waals surface area contributed by atoms with Gasteiger partial charge < -0.3 is 25.4 Å². The summed E-state index contributed by atoms with van der Waals surface area (Å²) in [7, 11) is 2.50. The second kappa shape index (κ2) is 27.3. The maximum atomic E-state index is 11.7. The quantitative estimate of drug-likeness (QED) is 0.399. The topological polar surface area (TPSA) is 140 Å². The molecule has 0 spiro atoms. The van der Waals surface area contributed by atoms with Crippen LogP contribution < -0.4 is 11.4 Å². The number of hydrogen-bond acceptors (Lipinski definition) is 8. The molecule has 1 aliphatic heterocycles. The fraction of sp³-hybridized carbons (Fsp3) is 0.737. The van der Waals surface area contributed by atoms with Gasteiger partial charge in [0.15, 0.2) is 0 Å². The Morgan fingerprint density at radius 3 is 2.23 bits per heavy atom. The number of aliphatic hydroxyl groups is 2. The number of nitrogens with one attached hydrogen (secondary N) is 1. The minimum absolute atomic E-state index is 0.148. The first-order valence-electron chi connectivity index (χ1n) is 9.61. The highest BCUT2D eigenvalue weighted by Gasteiger charge is 2.27. The van der Waals surface area contributed by atoms with Crippen molar-refractivity contribution in [3.63, 3.8) is 0 Å². The van der Waals surface area contributed by atoms with Gasteiger partial charge in [0.25, 0.3) is 0 Å². The van der Waals surface area contributed by atoms with E-state index in [0.717, 1.165) is 14.2 Å². The van der Waals surface area contributed by atoms with E-state index in [1.165, 1.54) is 11.0 Å². The van der Waals surface area contributed by atoms with Crippen LogP contribution in [0.3, 0.4) is 0 Å². The van der Waals surface area contributed by atoms with Crippen molar-refractivity contribution < 1.29 is 28.9 Å². The molecule has 5 N–H and O–H groups in total. The van der Waals surface area contributed by atoms with E-state index in [9.17, 15) is 14.0 Å². The molecule has 0 aliphatic carbocycles. The first-order chi connectivity index (χ1) is 14.5. The van der Waals surface area contributed by atoms with Crippen LogP contribution in [0.4, 0.5) is 4.39 Å². The highest BCUT2D eigenvalue weighted by atomic mass is 32.1. The number of aliphatic hydroxyl groups excluding tert-OH is 2. The molecule has 2 unspecified atom stereocenters. The summed E-state index contributed by atoms with van der Waals surface area (Å²) in [6.45, 7) is 8.26. The van der Waals surface area contributed by atoms with Crippen LogP contribution in [0.1, 0.15) is 53.2 Å². The molecule has 1 fully saturated rings. The van der Waals surface area contributed by atoms with Crippen LogP contribution >= 0.6 is 12.2 Å². The average molecular weight is 458 g/mol. The summed E-state index contributed by atoms with van der Waals surface area (Å²) in [5.74, 6) is -0.465. The molecule has 0 bridgehead atoms. The number of hydrogen-bond donors (Lipinski definition) is 4. The molecule has 0 aromatic carbocycles. The zero-order valence-electron chi connectivity index (χ0n) is 19.2. The Balaban J connectivity index is -0.000000265. The number of nitrogens with zero attached hydrogens (tertiary/aromatic N) is 1. The van der Waals surface area contributed by atoms with Crippen molar-refractivity contribution in [2.24, 2.45) is 5.73 Å². The van der Waals surface area contributed by atoms with Crippen LogP contribution in [0, 0.1) is 4.64 Å². The van der Waals surface area contributed by atoms with Crippen molar-refractivity contribution in [1.29, 1.82) is 0 Å². The van der Waals surface area contributed by atoms with Crippen LogP contribution in [0.25, 0.3) is 0 Å². The zero-order valence-corrected chi connectivity index (χ0v) is 20.0. The number of carbonyl (C=O) groups is 1. The molecule has 0 amide bonds. The van der Waals surface area contributed by atoms with E-state index in [-0.39, 0.29) is 31.2 Å². The molecule has 180 valence electrons. The predicted molar refractivity (Wildman–Crippen MR) is 120 cm³/mol. The van der Waals surface area contributed by atoms with Gasteiger partial charge in [-0.05, 0) is 18.9 Å². The molecule has 0 radical (unpaired) electrons. The van der Waals surface area contributed by atoms with Crippen molar-refractivity contribution in [3.05, 3.63) is 27.4 Å². The number of halogens is 1. The molecule has 0 saturated carbocycles. The van der Waals surface area contributed by atoms with Gasteiger partial charge in [-0.1, -0.05) is 46.3 Å². The standard InChI is InChI=1S/C11H15N3O4S.C3H8.C2H6.CH3F.2CH4O/c12-5-10(15)17-6-7-1-2-9(18-7)14-4-3-8(19)13-11(14)16;1-3-2;4*1-2/h3-4,7,9H,1-2,5-6,12H2,(H,13,16,19);3H2,1-2H3;1-2H3;1H3;2*2H,1H3. The van der Waals surface area contributed by atoms with Crippen molar-refractivity contribution in [2.75, 3.05) is 34.5 Å². The zero-order chi connectivity index (χ0) is 24.5. The number of nitrogens with two attached hydrogens (primary N) is 1. The lowest BCUT2D eigenvalue weighted by molar-refractivity contribution is -0.146. The van der Waals surface area contributed by atoms with Crippen LogP contribution in [0.15, 0.2) is 17.1 Å². The van der Waals surface area contributed by atoms with Crippen molar-refractivity contribution in [3.8, 4) is 0 Å². The summed E-state index contributed by atoms with van der Waals surface area (Å²) in [4.78, 5) is 25.2. The van der Waals surface area contributed by atoms with E-state index in [4.69, 9.17) is 37.6 Å². The Morgan fingerprint density at radius 1 is 1.30 bits per heavy atom. The molecule has 9 nitrogen and oxygen atoms in total. The Labute approximate surface area is 184 Å². The predicted octanol–water partition coefficient (Wildman–Crippen LogP) is 2.33. The third-order valence-electron chi connectivity index (χ3n) is 2.84. The largest absolute Gasteiger partial charge is 0.462 e. The second-order valence-electron chi connectivity index (χ2n) is 4.90. The molecule has 11 heteroatoms. The molecular formula is C19H40FN3O6S. The van der Waals surface area contributed by atoms with E-state index < -0.39 is 5.97 Å². The number of alkyl halides is 1. The Hall–Kier alpha value is -1.66. The van der Waals surface area contributed by atoms with Crippen LogP contribution in [0.2, 0.25) is 0 Å². The number of esters is 1. The minimum atomic E-state index is -0.465. The number of carbonyl (C=O) groups excluding carboxylic acids is 1. The molecule has 2 heterocycles. The van der Waals surface area contributed by atoms with Gasteiger partial charge in [0.2, 0.25) is 0 Å². The lowest BCUT2D eigenvalue weighted by atomic mass is 10.2. The van der Waals surface area contributed by atoms with Crippen molar-refractivity contribution in [2.45, 2.75) is 59.3 Å². The number of aromatic nitrogens is 2. The molecule has 2 rings (SSSR count). The van der Waals surface area contributed by atoms with E-state index in [0.29, 0.717) is 24.7 Å². The highest BCUT2D eigenvalue weighted by Crippen LogP contribution is 2.26. The Kier molecular flexibility index (Phi) is 32.6. The average Bonchev–Trinajstić information content (AvgIpc) is 3.27. The van der Waals surface area contributed by atoms with Crippen LogP contribution in [-0.4, -0.2) is 66.4 Å². The molecule has 1 aromatic rings. The van der Waals surface area contributed by atoms with E-state index in [2.05, 4.69) is 18.8 Å². The van der Waals surface area contributed by atoms with Gasteiger partial charge in [-0.3, -0.25) is 18.7 Å². The van der Waals surface area contributed by atoms with Gasteiger partial charge in [-0.25, -0.2) is 4.79 Å². The van der Waals surface area contributed by atoms with Crippen molar-refractivity contribution >= 4 is 18.2 Å². The third-order valence-corrected chi connectivity index (χ3v) is 3.08. The Morgan fingerprint density at radius 2 is 1.80 bits per heavy atom. The fourth-order valence-electron chi connectivity index (χ4n) is 1.91. The number of ether oxygens (including phenoxy) is 2. The monoisotopic (exact) mass is 457 g/mol. The summed E-state index contributed by atoms with van der Waals surface area (Å²) in [6.07, 6.45) is 3.66. The fourth-order valence-corrected chi connectivity index (χ4v) is 2.06. The van der Waals surface area contributed by atoms with Gasteiger partial charge in [0.05, 0.1) is 19.8 Å². The minimum Gasteiger partial charge on any atom is -0.462 e. The van der Waals surface area contributed by atoms with Gasteiger partial charge in [-0.15, -0.1) is 0 Å². The van der Waals surface area contributed by atoms with Crippen molar-refractivity contribution in [1.82, 2.24) is 9.55 Å². The number of aromatic amines is 1. The molecule has 30 heavy (non-hydrogen) atoms. The highest BCUT2D eigenvalue weighted by molar-refractivity contribution is 7.71. The SMILES string of the molecule is CC.CCC.CF.CO.CO.NCC(=O)OCC1CCC(n2ccc(=S)[nH]c2=O)O1. The van der Waals surface area contributed by atoms with Gasteiger partial charge >= 0.3 is 11.7 Å². The van der Waals surface area contributed by atoms with Gasteiger partial charge in [0, 0.05) is 20.4 Å². The van der Waals surface area contributed by atoms with Gasteiger partial charge in [-0.2, -0.15) is 0 Å². The van der Waals surface area contributed by atoms with Gasteiger partial charge in [0.1, 0.15) is 17.5 Å². The van der Waals surface area contributed by atoms with Crippen LogP contribution in [-0.2, 0) is 14.3 Å². The van der Waals surface area contributed by atoms with Crippen LogP contribution in [0.5, 0.6) is 0 Å². The summed E-state index contributed by atoms with van der Waals surface area (Å²) >= 11 is 4.86. The Bertz CT molecular complexity index is 598. The molecule has 2 atom stereocenters. The molecular weight excluding hydrogens is 417 g/mol. The molecule has 1 aromatic heterocycles. The number of H-pyrrole nitrogens is 1. The number of rotatable bonds is 4. The van der Waals surface area contributed by atoms with E-state index >= 15 is 0 Å². The first-order valence-corrected chi connectivity index (χ1v) is 10.0. The van der Waals surface area contributed by atoms with E-state index in [1.54, 1.807) is 12.3 Å². The maximum absolute atomic E-state index is 11.7. The summed E-state index contributed by atoms with van der Waals surface area (Å²) in [6, 6.07) is 1.63. The first kappa shape index (κ1) is 35.8. The lowest BCUT2D eigenvalue weighted by Gasteiger charge is -2.15. The summed E-state index contributed by atoms with van der Waals surface area (Å²) < 4.78 is 21.9. The summed E-state index contributed by atoms with van der Waals surface area (Å²) in [5, 5.41) is 14.0. The second-order valence-corrected chi connectivity index (χ2v) is 5.34. The molecule has 1 saturated heterocycles. The summed E-state index contributed by atoms with van der Waals surface area (Å²) in [5.41, 5.74) is 4.83. The maximum Gasteiger partial charge on any atom is 0.328 e. The lowest BCUT2D eigenvalue weighted by Crippen LogP contribution is -2.28. The normalized spacial score (nSPS) is 15.6. The van der Waals surface area contributed by atoms with E-state index in [1.807, 2.05) is 13.8 Å². The molecule has 1 aliphatic rings. The smallest absolute Gasteiger partial charge is 0.328 e. The third kappa shape index (κ3) is 17.2.